The first-order valence-electron chi connectivity index (χ1n) is 7.44. The average molecular weight is 288 g/mol. The zero-order chi connectivity index (χ0) is 14.8. The van der Waals surface area contributed by atoms with Crippen LogP contribution in [0.2, 0.25) is 0 Å². The Bertz CT molecular complexity index is 571. The van der Waals surface area contributed by atoms with Gasteiger partial charge in [-0.3, -0.25) is 9.59 Å². The van der Waals surface area contributed by atoms with Gasteiger partial charge in [-0.15, -0.1) is 0 Å². The Morgan fingerprint density at radius 2 is 2.24 bits per heavy atom. The molecule has 1 fully saturated rings. The van der Waals surface area contributed by atoms with Gasteiger partial charge in [-0.05, 0) is 30.5 Å². The summed E-state index contributed by atoms with van der Waals surface area (Å²) < 4.78 is 5.50. The lowest BCUT2D eigenvalue weighted by Crippen LogP contribution is -2.40. The van der Waals surface area contributed by atoms with Crippen LogP contribution in [0.5, 0.6) is 5.75 Å². The summed E-state index contributed by atoms with van der Waals surface area (Å²) in [7, 11) is 0. The monoisotopic (exact) mass is 288 g/mol. The molecule has 1 aromatic carbocycles. The van der Waals surface area contributed by atoms with Gasteiger partial charge in [0.05, 0.1) is 13.2 Å². The molecule has 2 aliphatic rings. The van der Waals surface area contributed by atoms with Crippen molar-refractivity contribution in [2.75, 3.05) is 19.7 Å². The number of amides is 2. The highest BCUT2D eigenvalue weighted by atomic mass is 16.5. The van der Waals surface area contributed by atoms with Crippen molar-refractivity contribution in [1.29, 1.82) is 0 Å². The number of hydrogen-bond acceptors (Lipinski definition) is 3. The van der Waals surface area contributed by atoms with Crippen molar-refractivity contribution in [3.8, 4) is 5.75 Å². The molecule has 0 radical (unpaired) electrons. The summed E-state index contributed by atoms with van der Waals surface area (Å²) in [5.74, 6) is 0.929. The summed E-state index contributed by atoms with van der Waals surface area (Å²) in [5, 5.41) is 2.64. The van der Waals surface area contributed by atoms with Gasteiger partial charge in [0.2, 0.25) is 11.8 Å². The number of carbonyl (C=O) groups is 2. The highest BCUT2D eigenvalue weighted by Crippen LogP contribution is 2.26. The zero-order valence-electron chi connectivity index (χ0n) is 12.2. The zero-order valence-corrected chi connectivity index (χ0v) is 12.2. The minimum Gasteiger partial charge on any atom is -0.493 e. The van der Waals surface area contributed by atoms with Crippen LogP contribution in [0.3, 0.4) is 0 Å². The van der Waals surface area contributed by atoms with E-state index in [1.54, 1.807) is 0 Å². The molecule has 3 rings (SSSR count). The van der Waals surface area contributed by atoms with Crippen LogP contribution in [0.4, 0.5) is 0 Å². The second-order valence-corrected chi connectivity index (χ2v) is 5.71. The molecule has 0 spiro atoms. The van der Waals surface area contributed by atoms with Gasteiger partial charge in [0.1, 0.15) is 5.75 Å². The fraction of sp³-hybridized carbons (Fsp3) is 0.500. The molecule has 0 aliphatic carbocycles. The molecule has 1 atom stereocenters. The van der Waals surface area contributed by atoms with E-state index in [-0.39, 0.29) is 24.4 Å². The summed E-state index contributed by atoms with van der Waals surface area (Å²) in [4.78, 5) is 25.4. The first-order chi connectivity index (χ1) is 10.1. The van der Waals surface area contributed by atoms with Crippen molar-refractivity contribution in [2.45, 2.75) is 32.2 Å². The smallest absolute Gasteiger partial charge is 0.242 e. The molecule has 5 heteroatoms. The second-order valence-electron chi connectivity index (χ2n) is 5.71. The number of ether oxygens (including phenoxy) is 1. The summed E-state index contributed by atoms with van der Waals surface area (Å²) in [6.45, 7) is 3.45. The number of rotatable bonds is 3. The maximum Gasteiger partial charge on any atom is 0.242 e. The maximum absolute atomic E-state index is 12.1. The van der Waals surface area contributed by atoms with Gasteiger partial charge in [-0.1, -0.05) is 12.1 Å². The lowest BCUT2D eigenvalue weighted by atomic mass is 10.1. The SMILES string of the molecule is CC1CC(=O)NCC(=O)N1CCc1ccc2c(c1)CCO2. The quantitative estimate of drug-likeness (QED) is 0.899. The van der Waals surface area contributed by atoms with Crippen LogP contribution in [0, 0.1) is 0 Å². The lowest BCUT2D eigenvalue weighted by Gasteiger charge is -2.26. The van der Waals surface area contributed by atoms with Crippen LogP contribution in [-0.4, -0.2) is 42.5 Å². The Kier molecular flexibility index (Phi) is 3.82. The third-order valence-electron chi connectivity index (χ3n) is 4.17. The molecule has 5 nitrogen and oxygen atoms in total. The summed E-state index contributed by atoms with van der Waals surface area (Å²) in [6.07, 6.45) is 2.14. The summed E-state index contributed by atoms with van der Waals surface area (Å²) in [5.41, 5.74) is 2.46. The first kappa shape index (κ1) is 13.9. The fourth-order valence-electron chi connectivity index (χ4n) is 2.96. The molecule has 2 aliphatic heterocycles. The van der Waals surface area contributed by atoms with Gasteiger partial charge >= 0.3 is 0 Å². The predicted octanol–water partition coefficient (Wildman–Crippen LogP) is 0.901. The Labute approximate surface area is 124 Å². The number of fused-ring (bicyclic) bond motifs is 1. The largest absolute Gasteiger partial charge is 0.493 e. The average Bonchev–Trinajstić information content (AvgIpc) is 2.88. The highest BCUT2D eigenvalue weighted by molar-refractivity contribution is 5.87. The van der Waals surface area contributed by atoms with E-state index in [9.17, 15) is 9.59 Å². The van der Waals surface area contributed by atoms with Gasteiger partial charge < -0.3 is 15.0 Å². The van der Waals surface area contributed by atoms with Crippen molar-refractivity contribution in [3.63, 3.8) is 0 Å². The fourth-order valence-corrected chi connectivity index (χ4v) is 2.96. The van der Waals surface area contributed by atoms with Crippen LogP contribution in [-0.2, 0) is 22.4 Å². The standard InChI is InChI=1S/C16H20N2O3/c1-11-8-15(19)17-10-16(20)18(11)6-4-12-2-3-14-13(9-12)5-7-21-14/h2-3,9,11H,4-8,10H2,1H3,(H,17,19). The number of carbonyl (C=O) groups excluding carboxylic acids is 2. The van der Waals surface area contributed by atoms with Crippen molar-refractivity contribution in [2.24, 2.45) is 0 Å². The van der Waals surface area contributed by atoms with E-state index >= 15 is 0 Å². The normalized spacial score (nSPS) is 21.6. The van der Waals surface area contributed by atoms with Crippen molar-refractivity contribution >= 4 is 11.8 Å². The Hall–Kier alpha value is -2.04. The molecule has 1 aromatic rings. The van der Waals surface area contributed by atoms with Gasteiger partial charge in [0, 0.05) is 25.4 Å². The molecule has 21 heavy (non-hydrogen) atoms. The third kappa shape index (κ3) is 3.01. The molecule has 2 heterocycles. The summed E-state index contributed by atoms with van der Waals surface area (Å²) >= 11 is 0. The molecular weight excluding hydrogens is 268 g/mol. The molecular formula is C16H20N2O3. The van der Waals surface area contributed by atoms with E-state index in [2.05, 4.69) is 17.4 Å². The van der Waals surface area contributed by atoms with E-state index < -0.39 is 0 Å². The van der Waals surface area contributed by atoms with Crippen LogP contribution in [0.25, 0.3) is 0 Å². The van der Waals surface area contributed by atoms with Gasteiger partial charge in [0.15, 0.2) is 0 Å². The number of benzene rings is 1. The van der Waals surface area contributed by atoms with Gasteiger partial charge in [0.25, 0.3) is 0 Å². The Balaban J connectivity index is 1.66. The minimum atomic E-state index is -0.0481. The van der Waals surface area contributed by atoms with E-state index in [0.29, 0.717) is 13.0 Å². The topological polar surface area (TPSA) is 58.6 Å². The Morgan fingerprint density at radius 1 is 1.38 bits per heavy atom. The molecule has 1 unspecified atom stereocenters. The molecule has 1 saturated heterocycles. The van der Waals surface area contributed by atoms with Crippen LogP contribution >= 0.6 is 0 Å². The molecule has 0 saturated carbocycles. The van der Waals surface area contributed by atoms with Crippen LogP contribution in [0.1, 0.15) is 24.5 Å². The molecule has 2 amide bonds. The van der Waals surface area contributed by atoms with Gasteiger partial charge in [-0.2, -0.15) is 0 Å². The Morgan fingerprint density at radius 3 is 3.10 bits per heavy atom. The van der Waals surface area contributed by atoms with Crippen LogP contribution in [0.15, 0.2) is 18.2 Å². The second kappa shape index (κ2) is 5.76. The van der Waals surface area contributed by atoms with Crippen LogP contribution < -0.4 is 10.1 Å². The van der Waals surface area contributed by atoms with Crippen molar-refractivity contribution in [1.82, 2.24) is 10.2 Å². The van der Waals surface area contributed by atoms with E-state index in [4.69, 9.17) is 4.74 Å². The molecule has 0 bridgehead atoms. The van der Waals surface area contributed by atoms with E-state index in [1.807, 2.05) is 17.9 Å². The van der Waals surface area contributed by atoms with Crippen molar-refractivity contribution < 1.29 is 14.3 Å². The number of hydrogen-bond donors (Lipinski definition) is 1. The molecule has 0 aromatic heterocycles. The highest BCUT2D eigenvalue weighted by Gasteiger charge is 2.26. The molecule has 1 N–H and O–H groups in total. The predicted molar refractivity (Wildman–Crippen MR) is 78.1 cm³/mol. The number of nitrogens with one attached hydrogen (secondary N) is 1. The molecule has 112 valence electrons. The van der Waals surface area contributed by atoms with Gasteiger partial charge in [-0.25, -0.2) is 0 Å². The number of nitrogens with zero attached hydrogens (tertiary/aromatic N) is 1. The lowest BCUT2D eigenvalue weighted by molar-refractivity contribution is -0.131. The minimum absolute atomic E-state index is 0.00200. The maximum atomic E-state index is 12.1. The summed E-state index contributed by atoms with van der Waals surface area (Å²) in [6, 6.07) is 6.19. The third-order valence-corrected chi connectivity index (χ3v) is 4.17. The van der Waals surface area contributed by atoms with E-state index in [0.717, 1.165) is 25.2 Å². The van der Waals surface area contributed by atoms with Crippen molar-refractivity contribution in [3.05, 3.63) is 29.3 Å². The van der Waals surface area contributed by atoms with E-state index in [1.165, 1.54) is 11.1 Å². The first-order valence-corrected chi connectivity index (χ1v) is 7.44.